The number of hydrogen-bond acceptors (Lipinski definition) is 6. The minimum Gasteiger partial charge on any atom is -0.447 e. The van der Waals surface area contributed by atoms with Crippen LogP contribution in [-0.4, -0.2) is 41.1 Å². The van der Waals surface area contributed by atoms with Gasteiger partial charge < -0.3 is 15.0 Å². The Bertz CT molecular complexity index is 1130. The first-order valence-electron chi connectivity index (χ1n) is 10.1. The zero-order chi connectivity index (χ0) is 21.7. The molecular formula is C22H24FN3O3S2. The number of ether oxygens (including phenoxy) is 1. The number of hydrogen-bond donors (Lipinski definition) is 2. The lowest BCUT2D eigenvalue weighted by atomic mass is 10.1. The van der Waals surface area contributed by atoms with Crippen LogP contribution in [0, 0.1) is 5.82 Å². The van der Waals surface area contributed by atoms with Crippen LogP contribution in [0.1, 0.15) is 5.56 Å². The molecule has 4 rings (SSSR count). The van der Waals surface area contributed by atoms with E-state index in [9.17, 15) is 12.8 Å². The molecule has 1 fully saturated rings. The predicted octanol–water partition coefficient (Wildman–Crippen LogP) is 3.61. The van der Waals surface area contributed by atoms with Gasteiger partial charge in [0, 0.05) is 44.5 Å². The van der Waals surface area contributed by atoms with Gasteiger partial charge in [-0.25, -0.2) is 17.5 Å². The van der Waals surface area contributed by atoms with Crippen LogP contribution in [0.4, 0.5) is 10.1 Å². The fourth-order valence-electron chi connectivity index (χ4n) is 3.38. The molecule has 1 aliphatic rings. The summed E-state index contributed by atoms with van der Waals surface area (Å²) in [5.74, 6) is 0.325. The van der Waals surface area contributed by atoms with Gasteiger partial charge in [0.15, 0.2) is 5.06 Å². The Hall–Kier alpha value is -2.46. The van der Waals surface area contributed by atoms with Crippen LogP contribution in [0.3, 0.4) is 0 Å². The molecule has 1 aromatic heterocycles. The molecule has 0 aliphatic carbocycles. The maximum absolute atomic E-state index is 13.7. The predicted molar refractivity (Wildman–Crippen MR) is 121 cm³/mol. The van der Waals surface area contributed by atoms with Crippen molar-refractivity contribution in [2.45, 2.75) is 10.6 Å². The van der Waals surface area contributed by atoms with Gasteiger partial charge in [-0.15, -0.1) is 0 Å². The minimum absolute atomic E-state index is 0.115. The minimum atomic E-state index is -3.69. The van der Waals surface area contributed by atoms with Crippen molar-refractivity contribution >= 4 is 27.0 Å². The Labute approximate surface area is 185 Å². The van der Waals surface area contributed by atoms with E-state index in [-0.39, 0.29) is 23.0 Å². The average Bonchev–Trinajstić information content (AvgIpc) is 3.25. The molecule has 1 aliphatic heterocycles. The lowest BCUT2D eigenvalue weighted by molar-refractivity contribution is 0.496. The number of halogens is 1. The number of sulfonamides is 1. The molecule has 0 saturated carbocycles. The first-order valence-corrected chi connectivity index (χ1v) is 12.4. The largest absolute Gasteiger partial charge is 0.447 e. The van der Waals surface area contributed by atoms with Crippen molar-refractivity contribution in [2.75, 3.05) is 37.6 Å². The normalized spacial score (nSPS) is 14.5. The second-order valence-corrected chi connectivity index (χ2v) is 10.2. The van der Waals surface area contributed by atoms with Crippen LogP contribution < -0.4 is 19.7 Å². The molecule has 164 valence electrons. The van der Waals surface area contributed by atoms with Crippen molar-refractivity contribution in [1.82, 2.24) is 10.0 Å². The number of nitrogens with zero attached hydrogens (tertiary/aromatic N) is 1. The van der Waals surface area contributed by atoms with Crippen molar-refractivity contribution in [1.29, 1.82) is 0 Å². The van der Waals surface area contributed by atoms with E-state index < -0.39 is 10.0 Å². The van der Waals surface area contributed by atoms with Crippen LogP contribution >= 0.6 is 11.3 Å². The van der Waals surface area contributed by atoms with Gasteiger partial charge >= 0.3 is 0 Å². The van der Waals surface area contributed by atoms with Crippen LogP contribution in [0.5, 0.6) is 10.8 Å². The van der Waals surface area contributed by atoms with Crippen molar-refractivity contribution < 1.29 is 17.5 Å². The van der Waals surface area contributed by atoms with Crippen LogP contribution in [0.15, 0.2) is 64.9 Å². The summed E-state index contributed by atoms with van der Waals surface area (Å²) < 4.78 is 47.4. The van der Waals surface area contributed by atoms with Crippen molar-refractivity contribution in [2.24, 2.45) is 0 Å². The van der Waals surface area contributed by atoms with E-state index in [4.69, 9.17) is 4.74 Å². The molecule has 1 saturated heterocycles. The molecule has 9 heteroatoms. The van der Waals surface area contributed by atoms with E-state index in [0.29, 0.717) is 16.4 Å². The van der Waals surface area contributed by atoms with E-state index in [2.05, 4.69) is 14.9 Å². The molecule has 0 amide bonds. The van der Waals surface area contributed by atoms with Gasteiger partial charge in [0.1, 0.15) is 15.8 Å². The Morgan fingerprint density at radius 2 is 1.87 bits per heavy atom. The highest BCUT2D eigenvalue weighted by Gasteiger charge is 2.18. The highest BCUT2D eigenvalue weighted by Crippen LogP contribution is 2.33. The third-order valence-electron chi connectivity index (χ3n) is 4.98. The van der Waals surface area contributed by atoms with E-state index >= 15 is 0 Å². The first-order chi connectivity index (χ1) is 15.0. The maximum atomic E-state index is 13.7. The Kier molecular flexibility index (Phi) is 6.86. The molecule has 31 heavy (non-hydrogen) atoms. The Morgan fingerprint density at radius 3 is 2.68 bits per heavy atom. The lowest BCUT2D eigenvalue weighted by Gasteiger charge is -2.29. The number of anilines is 1. The average molecular weight is 462 g/mol. The summed E-state index contributed by atoms with van der Waals surface area (Å²) in [5, 5.41) is 3.82. The summed E-state index contributed by atoms with van der Waals surface area (Å²) in [4.78, 5) is 2.28. The zero-order valence-electron chi connectivity index (χ0n) is 16.9. The molecule has 0 radical (unpaired) electrons. The molecule has 0 bridgehead atoms. The molecule has 2 N–H and O–H groups in total. The third-order valence-corrected chi connectivity index (χ3v) is 7.90. The SMILES string of the molecule is O=S(=O)(NCCc1ccccc1F)c1ccc(Oc2cccc(N3CCNCC3)c2)s1. The molecule has 0 unspecified atom stereocenters. The van der Waals surface area contributed by atoms with Gasteiger partial charge in [-0.05, 0) is 42.3 Å². The highest BCUT2D eigenvalue weighted by atomic mass is 32.2. The lowest BCUT2D eigenvalue weighted by Crippen LogP contribution is -2.43. The smallest absolute Gasteiger partial charge is 0.250 e. The number of piperazine rings is 1. The van der Waals surface area contributed by atoms with Crippen molar-refractivity contribution in [3.8, 4) is 10.8 Å². The van der Waals surface area contributed by atoms with E-state index in [1.54, 1.807) is 24.3 Å². The molecule has 6 nitrogen and oxygen atoms in total. The molecule has 0 atom stereocenters. The van der Waals surface area contributed by atoms with Gasteiger partial charge in [-0.1, -0.05) is 35.6 Å². The van der Waals surface area contributed by atoms with E-state index in [0.717, 1.165) is 43.2 Å². The summed E-state index contributed by atoms with van der Waals surface area (Å²) in [6, 6.07) is 17.3. The monoisotopic (exact) mass is 461 g/mol. The number of thiophene rings is 1. The quantitative estimate of drug-likeness (QED) is 0.536. The van der Waals surface area contributed by atoms with Gasteiger partial charge in [-0.3, -0.25) is 0 Å². The van der Waals surface area contributed by atoms with Gasteiger partial charge in [0.05, 0.1) is 0 Å². The summed E-state index contributed by atoms with van der Waals surface area (Å²) in [6.45, 7) is 3.87. The summed E-state index contributed by atoms with van der Waals surface area (Å²) >= 11 is 1.06. The van der Waals surface area contributed by atoms with Crippen LogP contribution in [0.2, 0.25) is 0 Å². The van der Waals surface area contributed by atoms with Gasteiger partial charge in [0.25, 0.3) is 0 Å². The topological polar surface area (TPSA) is 70.7 Å². The fourth-order valence-corrected chi connectivity index (χ4v) is 5.61. The van der Waals surface area contributed by atoms with Gasteiger partial charge in [-0.2, -0.15) is 0 Å². The molecule has 2 heterocycles. The summed E-state index contributed by atoms with van der Waals surface area (Å²) in [5.41, 5.74) is 1.56. The highest BCUT2D eigenvalue weighted by molar-refractivity contribution is 7.91. The molecule has 2 aromatic carbocycles. The van der Waals surface area contributed by atoms with Gasteiger partial charge in [0.2, 0.25) is 10.0 Å². The number of nitrogens with one attached hydrogen (secondary N) is 2. The van der Waals surface area contributed by atoms with Crippen LogP contribution in [-0.2, 0) is 16.4 Å². The standard InChI is InChI=1S/C22H24FN3O3S2/c23-20-7-2-1-4-17(20)10-11-25-31(27,28)22-9-8-21(30-22)29-19-6-3-5-18(16-19)26-14-12-24-13-15-26/h1-9,16,24-25H,10-15H2. The van der Waals surface area contributed by atoms with Crippen LogP contribution in [0.25, 0.3) is 0 Å². The van der Waals surface area contributed by atoms with Crippen molar-refractivity contribution in [3.63, 3.8) is 0 Å². The Balaban J connectivity index is 1.38. The second kappa shape index (κ2) is 9.78. The molecular weight excluding hydrogens is 437 g/mol. The molecule has 0 spiro atoms. The third kappa shape index (κ3) is 5.62. The fraction of sp³-hybridized carbons (Fsp3) is 0.273. The van der Waals surface area contributed by atoms with E-state index in [1.807, 2.05) is 24.3 Å². The van der Waals surface area contributed by atoms with E-state index in [1.165, 1.54) is 12.1 Å². The number of benzene rings is 2. The summed E-state index contributed by atoms with van der Waals surface area (Å²) in [6.07, 6.45) is 0.277. The zero-order valence-corrected chi connectivity index (χ0v) is 18.5. The first kappa shape index (κ1) is 21.8. The van der Waals surface area contributed by atoms with Crippen molar-refractivity contribution in [3.05, 3.63) is 72.0 Å². The molecule has 3 aromatic rings. The maximum Gasteiger partial charge on any atom is 0.250 e. The second-order valence-electron chi connectivity index (χ2n) is 7.15. The Morgan fingerprint density at radius 1 is 1.06 bits per heavy atom. The summed E-state index contributed by atoms with van der Waals surface area (Å²) in [7, 11) is -3.69. The number of rotatable bonds is 8.